The van der Waals surface area contributed by atoms with Crippen LogP contribution in [0.4, 0.5) is 0 Å². The summed E-state index contributed by atoms with van der Waals surface area (Å²) in [7, 11) is 0. The van der Waals surface area contributed by atoms with Crippen LogP contribution in [0, 0.1) is 17.3 Å². The third-order valence-electron chi connectivity index (χ3n) is 7.96. The van der Waals surface area contributed by atoms with Gasteiger partial charge >= 0.3 is 0 Å². The second-order valence-corrected chi connectivity index (χ2v) is 9.44. The van der Waals surface area contributed by atoms with Crippen molar-refractivity contribution in [2.75, 3.05) is 0 Å². The Kier molecular flexibility index (Phi) is 4.69. The zero-order valence-electron chi connectivity index (χ0n) is 16.9. The molecular formula is C25H30O4. The third-order valence-corrected chi connectivity index (χ3v) is 7.96. The van der Waals surface area contributed by atoms with Gasteiger partial charge in [0.05, 0.1) is 12.2 Å². The van der Waals surface area contributed by atoms with E-state index in [1.807, 2.05) is 25.1 Å². The number of benzene rings is 2. The monoisotopic (exact) mass is 394 g/mol. The molecule has 3 N–H and O–H groups in total. The van der Waals surface area contributed by atoms with Crippen molar-refractivity contribution in [2.45, 2.75) is 63.4 Å². The molecule has 0 spiro atoms. The van der Waals surface area contributed by atoms with E-state index in [0.717, 1.165) is 37.0 Å². The Hall–Kier alpha value is -1.88. The van der Waals surface area contributed by atoms with Crippen LogP contribution in [0.5, 0.6) is 5.75 Å². The molecule has 2 saturated carbocycles. The maximum Gasteiger partial charge on any atom is 0.120 e. The molecule has 154 valence electrons. The van der Waals surface area contributed by atoms with Gasteiger partial charge in [-0.25, -0.2) is 0 Å². The maximum atomic E-state index is 10.7. The molecule has 29 heavy (non-hydrogen) atoms. The first-order valence-electron chi connectivity index (χ1n) is 10.8. The van der Waals surface area contributed by atoms with Crippen LogP contribution in [-0.2, 0) is 13.0 Å². The number of aryl methyl sites for hydroxylation is 1. The normalized spacial score (nSPS) is 38.1. The summed E-state index contributed by atoms with van der Waals surface area (Å²) in [4.78, 5) is 0. The van der Waals surface area contributed by atoms with Crippen LogP contribution in [0.25, 0.3) is 0 Å². The molecule has 0 radical (unpaired) electrons. The number of aliphatic hydroxyl groups is 3. The van der Waals surface area contributed by atoms with Crippen LogP contribution in [0.15, 0.2) is 48.5 Å². The van der Waals surface area contributed by atoms with E-state index in [1.54, 1.807) is 0 Å². The fraction of sp³-hybridized carbons (Fsp3) is 0.520. The summed E-state index contributed by atoms with van der Waals surface area (Å²) < 4.78 is 6.02. The Morgan fingerprint density at radius 2 is 1.79 bits per heavy atom. The number of hydrogen-bond acceptors (Lipinski definition) is 4. The molecule has 0 aliphatic heterocycles. The average Bonchev–Trinajstić information content (AvgIpc) is 2.93. The Labute approximate surface area is 172 Å². The summed E-state index contributed by atoms with van der Waals surface area (Å²) in [5.41, 5.74) is 3.47. The fourth-order valence-electron chi connectivity index (χ4n) is 6.44. The third kappa shape index (κ3) is 3.00. The molecule has 7 atom stereocenters. The van der Waals surface area contributed by atoms with E-state index in [0.29, 0.717) is 18.4 Å². The Morgan fingerprint density at radius 1 is 1.00 bits per heavy atom. The van der Waals surface area contributed by atoms with Gasteiger partial charge < -0.3 is 20.1 Å². The van der Waals surface area contributed by atoms with Crippen molar-refractivity contribution in [1.29, 1.82) is 0 Å². The highest BCUT2D eigenvalue weighted by Crippen LogP contribution is 2.61. The maximum absolute atomic E-state index is 10.7. The molecule has 0 bridgehead atoms. The highest BCUT2D eigenvalue weighted by molar-refractivity contribution is 5.41. The predicted octanol–water partition coefficient (Wildman–Crippen LogP) is 3.42. The molecule has 4 nitrogen and oxygen atoms in total. The van der Waals surface area contributed by atoms with E-state index < -0.39 is 23.7 Å². The Morgan fingerprint density at radius 3 is 2.59 bits per heavy atom. The molecule has 4 heteroatoms. The van der Waals surface area contributed by atoms with Gasteiger partial charge in [0.25, 0.3) is 0 Å². The van der Waals surface area contributed by atoms with Crippen molar-refractivity contribution in [3.05, 3.63) is 65.2 Å². The molecular weight excluding hydrogens is 364 g/mol. The van der Waals surface area contributed by atoms with Crippen LogP contribution in [-0.4, -0.2) is 33.6 Å². The van der Waals surface area contributed by atoms with Crippen molar-refractivity contribution in [3.63, 3.8) is 0 Å². The van der Waals surface area contributed by atoms with Crippen molar-refractivity contribution in [3.8, 4) is 5.75 Å². The van der Waals surface area contributed by atoms with Gasteiger partial charge in [0.1, 0.15) is 18.5 Å². The van der Waals surface area contributed by atoms with E-state index in [-0.39, 0.29) is 5.92 Å². The SMILES string of the molecule is CC12CCC3c4ccc(OCc5ccccc5)cc4CCC3C1C(O)C(O)C2O. The topological polar surface area (TPSA) is 69.9 Å². The first-order valence-corrected chi connectivity index (χ1v) is 10.8. The van der Waals surface area contributed by atoms with Crippen molar-refractivity contribution < 1.29 is 20.1 Å². The molecule has 2 aromatic rings. The highest BCUT2D eigenvalue weighted by Gasteiger charge is 2.62. The average molecular weight is 395 g/mol. The lowest BCUT2D eigenvalue weighted by molar-refractivity contribution is -0.0505. The smallest absolute Gasteiger partial charge is 0.120 e. The summed E-state index contributed by atoms with van der Waals surface area (Å²) in [5, 5.41) is 31.6. The van der Waals surface area contributed by atoms with E-state index >= 15 is 0 Å². The van der Waals surface area contributed by atoms with E-state index in [9.17, 15) is 15.3 Å². The Bertz CT molecular complexity index is 882. The standard InChI is InChI=1S/C25H30O4/c1-25-12-11-19-18-10-8-17(29-14-15-5-3-2-4-6-15)13-16(18)7-9-20(19)21(25)22(26)23(27)24(25)28/h2-6,8,10,13,19-24,26-28H,7,9,11-12,14H2,1H3. The minimum Gasteiger partial charge on any atom is -0.489 e. The summed E-state index contributed by atoms with van der Waals surface area (Å²) in [6.07, 6.45) is 1.06. The number of fused-ring (bicyclic) bond motifs is 5. The molecule has 0 saturated heterocycles. The molecule has 7 unspecified atom stereocenters. The highest BCUT2D eigenvalue weighted by atomic mass is 16.5. The second kappa shape index (κ2) is 7.12. The van der Waals surface area contributed by atoms with E-state index in [4.69, 9.17) is 4.74 Å². The number of rotatable bonds is 3. The zero-order chi connectivity index (χ0) is 20.2. The summed E-state index contributed by atoms with van der Waals surface area (Å²) in [5.74, 6) is 1.54. The minimum absolute atomic E-state index is 0.0478. The van der Waals surface area contributed by atoms with Crippen LogP contribution >= 0.6 is 0 Å². The molecule has 0 amide bonds. The number of ether oxygens (including phenoxy) is 1. The quantitative estimate of drug-likeness (QED) is 0.746. The van der Waals surface area contributed by atoms with Crippen molar-refractivity contribution in [2.24, 2.45) is 17.3 Å². The van der Waals surface area contributed by atoms with E-state index in [2.05, 4.69) is 30.3 Å². The summed E-state index contributed by atoms with van der Waals surface area (Å²) in [6, 6.07) is 16.6. The van der Waals surface area contributed by atoms with Gasteiger partial charge in [0.15, 0.2) is 0 Å². The molecule has 3 aliphatic rings. The van der Waals surface area contributed by atoms with Crippen LogP contribution in [0.1, 0.15) is 48.8 Å². The molecule has 2 aromatic carbocycles. The zero-order valence-corrected chi connectivity index (χ0v) is 16.9. The van der Waals surface area contributed by atoms with Crippen molar-refractivity contribution >= 4 is 0 Å². The van der Waals surface area contributed by atoms with Gasteiger partial charge in [-0.1, -0.05) is 43.3 Å². The molecule has 3 aliphatic carbocycles. The molecule has 0 aromatic heterocycles. The van der Waals surface area contributed by atoms with Crippen LogP contribution < -0.4 is 4.74 Å². The lowest BCUT2D eigenvalue weighted by atomic mass is 9.55. The number of aliphatic hydroxyl groups excluding tert-OH is 3. The van der Waals surface area contributed by atoms with Crippen LogP contribution in [0.2, 0.25) is 0 Å². The van der Waals surface area contributed by atoms with Gasteiger partial charge in [0.2, 0.25) is 0 Å². The second-order valence-electron chi connectivity index (χ2n) is 9.44. The van der Waals surface area contributed by atoms with Gasteiger partial charge in [-0.05, 0) is 72.3 Å². The lowest BCUT2D eigenvalue weighted by Gasteiger charge is -2.50. The van der Waals surface area contributed by atoms with E-state index in [1.165, 1.54) is 11.1 Å². The van der Waals surface area contributed by atoms with Crippen molar-refractivity contribution in [1.82, 2.24) is 0 Å². The fourth-order valence-corrected chi connectivity index (χ4v) is 6.44. The molecule has 0 heterocycles. The molecule has 2 fully saturated rings. The first-order chi connectivity index (χ1) is 14.0. The van der Waals surface area contributed by atoms with Gasteiger partial charge in [-0.2, -0.15) is 0 Å². The molecule has 5 rings (SSSR count). The predicted molar refractivity (Wildman–Crippen MR) is 111 cm³/mol. The summed E-state index contributed by atoms with van der Waals surface area (Å²) in [6.45, 7) is 2.61. The number of hydrogen-bond donors (Lipinski definition) is 3. The first kappa shape index (κ1) is 19.1. The lowest BCUT2D eigenvalue weighted by Crippen LogP contribution is -2.46. The van der Waals surface area contributed by atoms with Crippen LogP contribution in [0.3, 0.4) is 0 Å². The van der Waals surface area contributed by atoms with Gasteiger partial charge in [-0.3, -0.25) is 0 Å². The van der Waals surface area contributed by atoms with Gasteiger partial charge in [0, 0.05) is 5.41 Å². The largest absolute Gasteiger partial charge is 0.489 e. The minimum atomic E-state index is -1.03. The van der Waals surface area contributed by atoms with Gasteiger partial charge in [-0.15, -0.1) is 0 Å². The Balaban J connectivity index is 1.37. The summed E-state index contributed by atoms with van der Waals surface area (Å²) >= 11 is 0.